The van der Waals surface area contributed by atoms with Gasteiger partial charge < -0.3 is 0 Å². The Morgan fingerprint density at radius 1 is 1.40 bits per heavy atom. The van der Waals surface area contributed by atoms with Crippen molar-refractivity contribution in [3.8, 4) is 0 Å². The Morgan fingerprint density at radius 2 is 2.10 bits per heavy atom. The Bertz CT molecular complexity index is 150. The third kappa shape index (κ3) is 3.12. The van der Waals surface area contributed by atoms with Crippen molar-refractivity contribution in [1.82, 2.24) is 15.4 Å². The molecule has 0 aliphatic heterocycles. The van der Waals surface area contributed by atoms with Gasteiger partial charge in [-0.3, -0.25) is 0 Å². The van der Waals surface area contributed by atoms with E-state index in [9.17, 15) is 0 Å². The lowest BCUT2D eigenvalue weighted by molar-refractivity contribution is 0.813. The van der Waals surface area contributed by atoms with Gasteiger partial charge >= 0.3 is 0 Å². The number of aromatic nitrogens is 3. The van der Waals surface area contributed by atoms with Crippen LogP contribution in [-0.2, 0) is 6.42 Å². The Balaban J connectivity index is 0.000000371. The number of hydrogen-bond acceptors (Lipinski definition) is 3. The second-order valence-corrected chi connectivity index (χ2v) is 1.47. The van der Waals surface area contributed by atoms with E-state index in [-0.39, 0.29) is 0 Å². The molecule has 0 saturated heterocycles. The standard InChI is InChI=1S/C5H7N3.C2H6/c1-2-5-3-4-6-8-7-5;1-2/h3-4H,2H2,1H3;1-2H3. The quantitative estimate of drug-likeness (QED) is 0.591. The van der Waals surface area contributed by atoms with Crippen LogP contribution >= 0.6 is 0 Å². The molecule has 1 aromatic heterocycles. The van der Waals surface area contributed by atoms with E-state index in [1.165, 1.54) is 0 Å². The maximum atomic E-state index is 3.74. The monoisotopic (exact) mass is 139 g/mol. The topological polar surface area (TPSA) is 38.7 Å². The minimum Gasteiger partial charge on any atom is -0.139 e. The molecule has 0 aliphatic rings. The first kappa shape index (κ1) is 9.01. The van der Waals surface area contributed by atoms with E-state index in [1.807, 2.05) is 26.8 Å². The molecule has 0 amide bonds. The van der Waals surface area contributed by atoms with Crippen LogP contribution in [0.4, 0.5) is 0 Å². The predicted octanol–water partition coefficient (Wildman–Crippen LogP) is 1.46. The van der Waals surface area contributed by atoms with E-state index in [0.29, 0.717) is 0 Å². The molecule has 0 fully saturated rings. The van der Waals surface area contributed by atoms with E-state index in [0.717, 1.165) is 12.1 Å². The van der Waals surface area contributed by atoms with Crippen molar-refractivity contribution in [2.45, 2.75) is 27.2 Å². The number of nitrogens with zero attached hydrogens (tertiary/aromatic N) is 3. The van der Waals surface area contributed by atoms with E-state index < -0.39 is 0 Å². The lowest BCUT2D eigenvalue weighted by Crippen LogP contribution is -1.90. The fourth-order valence-electron chi connectivity index (χ4n) is 0.454. The highest BCUT2D eigenvalue weighted by molar-refractivity contribution is 4.93. The van der Waals surface area contributed by atoms with Gasteiger partial charge in [0.05, 0.1) is 11.9 Å². The molecule has 0 aromatic carbocycles. The van der Waals surface area contributed by atoms with Gasteiger partial charge in [0.1, 0.15) is 0 Å². The zero-order valence-corrected chi connectivity index (χ0v) is 6.70. The average molecular weight is 139 g/mol. The van der Waals surface area contributed by atoms with E-state index in [1.54, 1.807) is 6.20 Å². The van der Waals surface area contributed by atoms with Gasteiger partial charge in [0, 0.05) is 0 Å². The van der Waals surface area contributed by atoms with Crippen molar-refractivity contribution in [2.75, 3.05) is 0 Å². The van der Waals surface area contributed by atoms with Gasteiger partial charge in [-0.2, -0.15) is 0 Å². The van der Waals surface area contributed by atoms with Crippen LogP contribution in [0.5, 0.6) is 0 Å². The molecule has 3 heteroatoms. The maximum absolute atomic E-state index is 3.74. The number of hydrogen-bond donors (Lipinski definition) is 0. The zero-order chi connectivity index (χ0) is 7.82. The second kappa shape index (κ2) is 6.13. The first-order valence-corrected chi connectivity index (χ1v) is 3.56. The van der Waals surface area contributed by atoms with Crippen LogP contribution in [0.15, 0.2) is 12.3 Å². The van der Waals surface area contributed by atoms with E-state index in [4.69, 9.17) is 0 Å². The lowest BCUT2D eigenvalue weighted by Gasteiger charge is -1.86. The largest absolute Gasteiger partial charge is 0.139 e. The summed E-state index contributed by atoms with van der Waals surface area (Å²) in [4.78, 5) is 0. The molecule has 0 N–H and O–H groups in total. The van der Waals surface area contributed by atoms with Gasteiger partial charge in [0.15, 0.2) is 0 Å². The SMILES string of the molecule is CC.CCc1ccnnn1. The Labute approximate surface area is 61.5 Å². The molecule has 0 saturated carbocycles. The van der Waals surface area contributed by atoms with Gasteiger partial charge in [0.25, 0.3) is 0 Å². The van der Waals surface area contributed by atoms with Crippen molar-refractivity contribution >= 4 is 0 Å². The summed E-state index contributed by atoms with van der Waals surface area (Å²) >= 11 is 0. The highest BCUT2D eigenvalue weighted by Gasteiger charge is 1.84. The molecule has 0 spiro atoms. The van der Waals surface area contributed by atoms with Crippen LogP contribution in [0.3, 0.4) is 0 Å². The number of aryl methyl sites for hydroxylation is 1. The van der Waals surface area contributed by atoms with Crippen LogP contribution in [0.2, 0.25) is 0 Å². The first-order valence-electron chi connectivity index (χ1n) is 3.56. The average Bonchev–Trinajstić information content (AvgIpc) is 2.10. The van der Waals surface area contributed by atoms with Crippen molar-refractivity contribution in [3.63, 3.8) is 0 Å². The fourth-order valence-corrected chi connectivity index (χ4v) is 0.454. The minimum absolute atomic E-state index is 0.926. The van der Waals surface area contributed by atoms with Gasteiger partial charge in [-0.05, 0) is 17.7 Å². The van der Waals surface area contributed by atoms with Crippen LogP contribution in [0.1, 0.15) is 26.5 Å². The van der Waals surface area contributed by atoms with Gasteiger partial charge in [-0.25, -0.2) is 0 Å². The predicted molar refractivity (Wildman–Crippen MR) is 40.6 cm³/mol. The van der Waals surface area contributed by atoms with E-state index in [2.05, 4.69) is 15.4 Å². The molecule has 10 heavy (non-hydrogen) atoms. The first-order chi connectivity index (χ1) is 4.93. The summed E-state index contributed by atoms with van der Waals surface area (Å²) in [6.07, 6.45) is 2.57. The van der Waals surface area contributed by atoms with E-state index >= 15 is 0 Å². The second-order valence-electron chi connectivity index (χ2n) is 1.47. The molecule has 56 valence electrons. The zero-order valence-electron chi connectivity index (χ0n) is 6.70. The third-order valence-corrected chi connectivity index (χ3v) is 0.921. The normalized spacial score (nSPS) is 7.90. The summed E-state index contributed by atoms with van der Waals surface area (Å²) in [5.74, 6) is 0. The Hall–Kier alpha value is -0.990. The molecule has 0 aliphatic carbocycles. The van der Waals surface area contributed by atoms with Crippen molar-refractivity contribution in [3.05, 3.63) is 18.0 Å². The van der Waals surface area contributed by atoms with Crippen LogP contribution < -0.4 is 0 Å². The minimum atomic E-state index is 0.926. The molecular weight excluding hydrogens is 126 g/mol. The highest BCUT2D eigenvalue weighted by atomic mass is 15.3. The van der Waals surface area contributed by atoms with Gasteiger partial charge in [0.2, 0.25) is 0 Å². The van der Waals surface area contributed by atoms with Crippen LogP contribution in [0.25, 0.3) is 0 Å². The van der Waals surface area contributed by atoms with Crippen molar-refractivity contribution in [1.29, 1.82) is 0 Å². The summed E-state index contributed by atoms with van der Waals surface area (Å²) in [6.45, 7) is 6.03. The molecular formula is C7H13N3. The van der Waals surface area contributed by atoms with Gasteiger partial charge in [-0.15, -0.1) is 10.2 Å². The third-order valence-electron chi connectivity index (χ3n) is 0.921. The Kier molecular flexibility index (Phi) is 5.53. The van der Waals surface area contributed by atoms with Crippen molar-refractivity contribution < 1.29 is 0 Å². The molecule has 0 unspecified atom stereocenters. The van der Waals surface area contributed by atoms with Crippen LogP contribution in [-0.4, -0.2) is 15.4 Å². The van der Waals surface area contributed by atoms with Crippen molar-refractivity contribution in [2.24, 2.45) is 0 Å². The number of rotatable bonds is 1. The summed E-state index contributed by atoms with van der Waals surface area (Å²) < 4.78 is 0. The molecule has 1 rings (SSSR count). The summed E-state index contributed by atoms with van der Waals surface area (Å²) in [7, 11) is 0. The van der Waals surface area contributed by atoms with Crippen LogP contribution in [0, 0.1) is 0 Å². The summed E-state index contributed by atoms with van der Waals surface area (Å²) in [6, 6.07) is 1.85. The summed E-state index contributed by atoms with van der Waals surface area (Å²) in [5.41, 5.74) is 0.986. The Morgan fingerprint density at radius 3 is 2.40 bits per heavy atom. The fraction of sp³-hybridized carbons (Fsp3) is 0.571. The smallest absolute Gasteiger partial charge is 0.0662 e. The highest BCUT2D eigenvalue weighted by Crippen LogP contribution is 1.86. The molecule has 3 nitrogen and oxygen atoms in total. The molecule has 0 atom stereocenters. The summed E-state index contributed by atoms with van der Waals surface area (Å²) in [5, 5.41) is 10.7. The molecule has 1 heterocycles. The molecule has 1 aromatic rings. The molecule has 0 radical (unpaired) electrons. The lowest BCUT2D eigenvalue weighted by atomic mass is 10.3. The molecule has 0 bridgehead atoms. The van der Waals surface area contributed by atoms with Gasteiger partial charge in [-0.1, -0.05) is 20.8 Å². The maximum Gasteiger partial charge on any atom is 0.0662 e.